The quantitative estimate of drug-likeness (QED) is 0.648. The predicted octanol–water partition coefficient (Wildman–Crippen LogP) is 4.46. The van der Waals surface area contributed by atoms with Crippen LogP contribution in [-0.4, -0.2) is 59.7 Å². The maximum atomic E-state index is 14.9. The highest BCUT2D eigenvalue weighted by atomic mass is 19.1. The van der Waals surface area contributed by atoms with Gasteiger partial charge in [0, 0.05) is 37.7 Å². The summed E-state index contributed by atoms with van der Waals surface area (Å²) >= 11 is 0. The Hall–Kier alpha value is -3.00. The fourth-order valence-corrected chi connectivity index (χ4v) is 4.52. The zero-order valence-corrected chi connectivity index (χ0v) is 19.7. The van der Waals surface area contributed by atoms with Crippen molar-refractivity contribution in [3.05, 3.63) is 70.8 Å². The van der Waals surface area contributed by atoms with Crippen LogP contribution >= 0.6 is 0 Å². The molecule has 2 aromatic rings. The largest absolute Gasteiger partial charge is 0.444 e. The molecule has 0 bridgehead atoms. The van der Waals surface area contributed by atoms with Crippen LogP contribution in [0.1, 0.15) is 49.9 Å². The Kier molecular flexibility index (Phi) is 6.89. The Balaban J connectivity index is 1.57. The molecule has 1 saturated heterocycles. The summed E-state index contributed by atoms with van der Waals surface area (Å²) in [6.45, 7) is 6.60. The van der Waals surface area contributed by atoms with Crippen molar-refractivity contribution in [2.75, 3.05) is 26.2 Å². The van der Waals surface area contributed by atoms with Crippen LogP contribution < -0.4 is 0 Å². The lowest BCUT2D eigenvalue weighted by Gasteiger charge is -2.39. The van der Waals surface area contributed by atoms with Gasteiger partial charge in [0.2, 0.25) is 0 Å². The van der Waals surface area contributed by atoms with E-state index >= 15 is 0 Å². The fraction of sp³-hybridized carbons (Fsp3) is 0.462. The van der Waals surface area contributed by atoms with Crippen LogP contribution in [-0.2, 0) is 20.7 Å². The van der Waals surface area contributed by atoms with E-state index in [4.69, 9.17) is 9.47 Å². The van der Waals surface area contributed by atoms with Gasteiger partial charge in [0.15, 0.2) is 0 Å². The van der Waals surface area contributed by atoms with Gasteiger partial charge in [0.1, 0.15) is 23.3 Å². The van der Waals surface area contributed by atoms with Gasteiger partial charge in [-0.25, -0.2) is 13.6 Å². The van der Waals surface area contributed by atoms with E-state index in [1.54, 1.807) is 30.6 Å². The number of hydrogen-bond donors (Lipinski definition) is 0. The molecule has 2 aromatic carbocycles. The molecule has 0 N–H and O–H groups in total. The average Bonchev–Trinajstić information content (AvgIpc) is 3.04. The van der Waals surface area contributed by atoms with Gasteiger partial charge in [-0.05, 0) is 44.4 Å². The fourth-order valence-electron chi connectivity index (χ4n) is 4.52. The van der Waals surface area contributed by atoms with Crippen LogP contribution in [0.4, 0.5) is 13.6 Å². The third kappa shape index (κ3) is 5.22. The molecular weight excluding hydrogens is 442 g/mol. The molecule has 2 heterocycles. The molecule has 34 heavy (non-hydrogen) atoms. The molecule has 2 atom stereocenters. The molecule has 1 fully saturated rings. The van der Waals surface area contributed by atoms with Gasteiger partial charge in [0.25, 0.3) is 5.91 Å². The normalized spacial score (nSPS) is 21.0. The number of fused-ring (bicyclic) bond motifs is 1. The van der Waals surface area contributed by atoms with E-state index in [-0.39, 0.29) is 18.1 Å². The average molecular weight is 473 g/mol. The monoisotopic (exact) mass is 472 g/mol. The molecule has 0 saturated carbocycles. The third-order valence-corrected chi connectivity index (χ3v) is 6.09. The van der Waals surface area contributed by atoms with Gasteiger partial charge in [-0.15, -0.1) is 0 Å². The van der Waals surface area contributed by atoms with Crippen molar-refractivity contribution in [3.8, 4) is 0 Å². The minimum absolute atomic E-state index is 0.190. The number of nitrogens with zero attached hydrogens (tertiary/aromatic N) is 2. The van der Waals surface area contributed by atoms with Crippen molar-refractivity contribution in [3.63, 3.8) is 0 Å². The van der Waals surface area contributed by atoms with E-state index in [0.717, 1.165) is 17.2 Å². The van der Waals surface area contributed by atoms with E-state index in [9.17, 15) is 18.4 Å². The van der Waals surface area contributed by atoms with Crippen LogP contribution in [0.3, 0.4) is 0 Å². The molecule has 6 nitrogen and oxygen atoms in total. The Labute approximate surface area is 198 Å². The number of carbonyl (C=O) groups excluding carboxylic acids is 2. The molecular formula is C26H30F2N2O4. The molecule has 1 unspecified atom stereocenters. The van der Waals surface area contributed by atoms with Gasteiger partial charge < -0.3 is 19.3 Å². The van der Waals surface area contributed by atoms with Gasteiger partial charge in [0.05, 0.1) is 12.6 Å². The van der Waals surface area contributed by atoms with Gasteiger partial charge in [-0.3, -0.25) is 4.79 Å². The second-order valence-corrected chi connectivity index (χ2v) is 9.66. The predicted molar refractivity (Wildman–Crippen MR) is 122 cm³/mol. The molecule has 2 aliphatic rings. The number of benzene rings is 2. The highest BCUT2D eigenvalue weighted by molar-refractivity contribution is 5.82. The summed E-state index contributed by atoms with van der Waals surface area (Å²) in [6, 6.07) is 10.4. The number of amides is 2. The summed E-state index contributed by atoms with van der Waals surface area (Å²) in [5.41, 5.74) is 1.47. The third-order valence-electron chi connectivity index (χ3n) is 6.09. The van der Waals surface area contributed by atoms with Gasteiger partial charge in [-0.2, -0.15) is 0 Å². The lowest BCUT2D eigenvalue weighted by Crippen LogP contribution is -2.46. The maximum Gasteiger partial charge on any atom is 0.410 e. The molecule has 182 valence electrons. The number of halogens is 2. The van der Waals surface area contributed by atoms with E-state index in [0.29, 0.717) is 32.5 Å². The first-order chi connectivity index (χ1) is 16.1. The molecule has 2 aliphatic heterocycles. The summed E-state index contributed by atoms with van der Waals surface area (Å²) < 4.78 is 39.8. The van der Waals surface area contributed by atoms with Crippen LogP contribution in [0.2, 0.25) is 0 Å². The number of rotatable bonds is 2. The summed E-state index contributed by atoms with van der Waals surface area (Å²) in [7, 11) is 0. The second-order valence-electron chi connectivity index (χ2n) is 9.66. The minimum atomic E-state index is -0.774. The molecule has 0 aliphatic carbocycles. The topological polar surface area (TPSA) is 59.1 Å². The van der Waals surface area contributed by atoms with Crippen molar-refractivity contribution in [2.45, 2.75) is 51.4 Å². The van der Waals surface area contributed by atoms with E-state index in [1.165, 1.54) is 12.1 Å². The number of carbonyl (C=O) groups is 2. The first-order valence-corrected chi connectivity index (χ1v) is 11.6. The van der Waals surface area contributed by atoms with Crippen LogP contribution in [0.5, 0.6) is 0 Å². The van der Waals surface area contributed by atoms with Crippen LogP contribution in [0, 0.1) is 11.6 Å². The number of ether oxygens (including phenoxy) is 2. The van der Waals surface area contributed by atoms with Crippen LogP contribution in [0.15, 0.2) is 42.5 Å². The minimum Gasteiger partial charge on any atom is -0.444 e. The van der Waals surface area contributed by atoms with Crippen molar-refractivity contribution in [1.29, 1.82) is 0 Å². The zero-order valence-electron chi connectivity index (χ0n) is 19.7. The van der Waals surface area contributed by atoms with Gasteiger partial charge >= 0.3 is 6.09 Å². The van der Waals surface area contributed by atoms with E-state index < -0.39 is 35.5 Å². The molecule has 2 amide bonds. The Bertz CT molecular complexity index is 1070. The highest BCUT2D eigenvalue weighted by Gasteiger charge is 2.38. The van der Waals surface area contributed by atoms with Crippen molar-refractivity contribution < 1.29 is 27.8 Å². The summed E-state index contributed by atoms with van der Waals surface area (Å²) in [6.07, 6.45) is -0.293. The molecule has 0 aromatic heterocycles. The lowest BCUT2D eigenvalue weighted by atomic mass is 9.87. The van der Waals surface area contributed by atoms with Crippen LogP contribution in [0.25, 0.3) is 0 Å². The molecule has 0 radical (unpaired) electrons. The first-order valence-electron chi connectivity index (χ1n) is 11.6. The molecule has 0 spiro atoms. The smallest absolute Gasteiger partial charge is 0.410 e. The standard InChI is InChI=1S/C26H30F2N2O4/c1-26(2,3)34-25(32)29-12-11-22(33-15-14-29)24(31)30-13-10-17-6-4-5-7-19(17)23(30)20-9-8-18(27)16-21(20)28/h4-9,16,22-23H,10-15H2,1-3H3/t22?,23-/m1/s1. The zero-order chi connectivity index (χ0) is 24.5. The van der Waals surface area contributed by atoms with E-state index in [1.807, 2.05) is 24.3 Å². The molecule has 4 rings (SSSR count). The Morgan fingerprint density at radius 2 is 1.79 bits per heavy atom. The highest BCUT2D eigenvalue weighted by Crippen LogP contribution is 2.37. The van der Waals surface area contributed by atoms with Crippen molar-refractivity contribution in [2.24, 2.45) is 0 Å². The Morgan fingerprint density at radius 1 is 1.03 bits per heavy atom. The molecule has 8 heteroatoms. The lowest BCUT2D eigenvalue weighted by molar-refractivity contribution is -0.145. The van der Waals surface area contributed by atoms with E-state index in [2.05, 4.69) is 0 Å². The number of hydrogen-bond acceptors (Lipinski definition) is 4. The summed E-state index contributed by atoms with van der Waals surface area (Å²) in [4.78, 5) is 29.3. The first kappa shape index (κ1) is 24.1. The summed E-state index contributed by atoms with van der Waals surface area (Å²) in [5, 5.41) is 0. The second kappa shape index (κ2) is 9.70. The van der Waals surface area contributed by atoms with Crippen molar-refractivity contribution >= 4 is 12.0 Å². The summed E-state index contributed by atoms with van der Waals surface area (Å²) in [5.74, 6) is -1.63. The van der Waals surface area contributed by atoms with Gasteiger partial charge in [-0.1, -0.05) is 30.3 Å². The maximum absolute atomic E-state index is 14.9. The Morgan fingerprint density at radius 3 is 2.53 bits per heavy atom. The SMILES string of the molecule is CC(C)(C)OC(=O)N1CCOC(C(=O)N2CCc3ccccc3[C@@H]2c2ccc(F)cc2F)CC1. The van der Waals surface area contributed by atoms with Crippen molar-refractivity contribution in [1.82, 2.24) is 9.80 Å².